The molecule has 0 aromatic rings. The summed E-state index contributed by atoms with van der Waals surface area (Å²) >= 11 is 0. The first kappa shape index (κ1) is 8.94. The molecule has 2 unspecified atom stereocenters. The number of methoxy groups -OCH3 is 1. The van der Waals surface area contributed by atoms with Crippen molar-refractivity contribution in [3.63, 3.8) is 0 Å². The number of piperidine rings is 1. The Kier molecular flexibility index (Phi) is 3.80. The topological polar surface area (TPSA) is 21.3 Å². The van der Waals surface area contributed by atoms with Gasteiger partial charge in [-0.05, 0) is 19.4 Å². The zero-order valence-corrected chi connectivity index (χ0v) is 6.98. The number of nitrogens with one attached hydrogen (secondary N) is 1. The molecule has 1 N–H and O–H groups in total. The van der Waals surface area contributed by atoms with Crippen LogP contribution in [-0.2, 0) is 4.74 Å². The Hall–Kier alpha value is -0.150. The van der Waals surface area contributed by atoms with Crippen LogP contribution in [0.1, 0.15) is 19.3 Å². The number of ether oxygens (including phenoxy) is 1. The van der Waals surface area contributed by atoms with Crippen molar-refractivity contribution in [3.8, 4) is 0 Å². The lowest BCUT2D eigenvalue weighted by molar-refractivity contribution is 0.0916. The van der Waals surface area contributed by atoms with Crippen LogP contribution in [0.4, 0.5) is 4.39 Å². The average molecular weight is 161 g/mol. The molecule has 0 aromatic heterocycles. The molecule has 1 aliphatic rings. The van der Waals surface area contributed by atoms with Gasteiger partial charge in [0.25, 0.3) is 0 Å². The van der Waals surface area contributed by atoms with Crippen molar-refractivity contribution in [1.82, 2.24) is 5.32 Å². The lowest BCUT2D eigenvalue weighted by Gasteiger charge is -2.25. The molecule has 2 nitrogen and oxygen atoms in total. The third-order valence-electron chi connectivity index (χ3n) is 2.11. The van der Waals surface area contributed by atoms with Crippen LogP contribution in [0.5, 0.6) is 0 Å². The van der Waals surface area contributed by atoms with Gasteiger partial charge >= 0.3 is 0 Å². The first-order valence-electron chi connectivity index (χ1n) is 4.21. The quantitative estimate of drug-likeness (QED) is 0.669. The van der Waals surface area contributed by atoms with Gasteiger partial charge in [0.05, 0.1) is 6.61 Å². The molecule has 2 atom stereocenters. The van der Waals surface area contributed by atoms with Gasteiger partial charge in [0.2, 0.25) is 0 Å². The molecule has 0 aromatic carbocycles. The second-order valence-electron chi connectivity index (χ2n) is 3.03. The van der Waals surface area contributed by atoms with E-state index in [4.69, 9.17) is 4.74 Å². The second-order valence-corrected chi connectivity index (χ2v) is 3.03. The highest BCUT2D eigenvalue weighted by Gasteiger charge is 2.21. The number of hydrogen-bond donors (Lipinski definition) is 1. The maximum Gasteiger partial charge on any atom is 0.138 e. The van der Waals surface area contributed by atoms with E-state index in [0.717, 1.165) is 19.4 Å². The molecule has 0 aliphatic carbocycles. The Morgan fingerprint density at radius 1 is 1.64 bits per heavy atom. The third-order valence-corrected chi connectivity index (χ3v) is 2.11. The fraction of sp³-hybridized carbons (Fsp3) is 1.00. The summed E-state index contributed by atoms with van der Waals surface area (Å²) in [5.74, 6) is 0. The van der Waals surface area contributed by atoms with Crippen molar-refractivity contribution in [2.24, 2.45) is 0 Å². The fourth-order valence-electron chi connectivity index (χ4n) is 1.46. The standard InChI is InChI=1S/C8H16FNO/c1-11-6-7(9)8-4-2-3-5-10-8/h7-8,10H,2-6H2,1H3. The van der Waals surface area contributed by atoms with Gasteiger partial charge in [0.1, 0.15) is 6.17 Å². The minimum absolute atomic E-state index is 0.0312. The van der Waals surface area contributed by atoms with E-state index in [1.54, 1.807) is 0 Å². The fourth-order valence-corrected chi connectivity index (χ4v) is 1.46. The van der Waals surface area contributed by atoms with Crippen LogP contribution < -0.4 is 5.32 Å². The van der Waals surface area contributed by atoms with Gasteiger partial charge in [-0.15, -0.1) is 0 Å². The Labute approximate surface area is 67.1 Å². The van der Waals surface area contributed by atoms with Crippen LogP contribution in [0.25, 0.3) is 0 Å². The van der Waals surface area contributed by atoms with Crippen LogP contribution in [-0.4, -0.2) is 32.5 Å². The summed E-state index contributed by atoms with van der Waals surface area (Å²) in [6.07, 6.45) is 2.43. The summed E-state index contributed by atoms with van der Waals surface area (Å²) in [7, 11) is 1.54. The summed E-state index contributed by atoms with van der Waals surface area (Å²) in [5, 5.41) is 3.15. The third kappa shape index (κ3) is 2.75. The summed E-state index contributed by atoms with van der Waals surface area (Å²) in [6, 6.07) is 0.0312. The number of halogens is 1. The predicted octanol–water partition coefficient (Wildman–Crippen LogP) is 1.11. The maximum atomic E-state index is 13.1. The highest BCUT2D eigenvalue weighted by molar-refractivity contribution is 4.79. The van der Waals surface area contributed by atoms with Crippen LogP contribution in [0.3, 0.4) is 0 Å². The van der Waals surface area contributed by atoms with Crippen molar-refractivity contribution in [3.05, 3.63) is 0 Å². The number of alkyl halides is 1. The van der Waals surface area contributed by atoms with Gasteiger partial charge in [-0.2, -0.15) is 0 Å². The molecular formula is C8H16FNO. The van der Waals surface area contributed by atoms with E-state index >= 15 is 0 Å². The summed E-state index contributed by atoms with van der Waals surface area (Å²) in [6.45, 7) is 1.17. The second kappa shape index (κ2) is 4.67. The van der Waals surface area contributed by atoms with Gasteiger partial charge in [-0.25, -0.2) is 4.39 Å². The molecule has 11 heavy (non-hydrogen) atoms. The van der Waals surface area contributed by atoms with Gasteiger partial charge in [0, 0.05) is 13.2 Å². The highest BCUT2D eigenvalue weighted by atomic mass is 19.1. The van der Waals surface area contributed by atoms with Crippen molar-refractivity contribution in [1.29, 1.82) is 0 Å². The van der Waals surface area contributed by atoms with Gasteiger partial charge in [-0.3, -0.25) is 0 Å². The smallest absolute Gasteiger partial charge is 0.138 e. The Balaban J connectivity index is 2.21. The summed E-state index contributed by atoms with van der Waals surface area (Å²) in [4.78, 5) is 0. The van der Waals surface area contributed by atoms with Crippen LogP contribution in [0, 0.1) is 0 Å². The lowest BCUT2D eigenvalue weighted by Crippen LogP contribution is -2.42. The summed E-state index contributed by atoms with van der Waals surface area (Å²) < 4.78 is 17.8. The molecule has 0 saturated carbocycles. The maximum absolute atomic E-state index is 13.1. The molecular weight excluding hydrogens is 145 g/mol. The van der Waals surface area contributed by atoms with Crippen LogP contribution in [0.15, 0.2) is 0 Å². The molecule has 1 rings (SSSR count). The van der Waals surface area contributed by atoms with Crippen molar-refractivity contribution < 1.29 is 9.13 Å². The number of rotatable bonds is 3. The highest BCUT2D eigenvalue weighted by Crippen LogP contribution is 2.12. The van der Waals surface area contributed by atoms with E-state index in [2.05, 4.69) is 5.32 Å². The minimum Gasteiger partial charge on any atom is -0.382 e. The Morgan fingerprint density at radius 2 is 2.45 bits per heavy atom. The molecule has 66 valence electrons. The Morgan fingerprint density at radius 3 is 3.00 bits per heavy atom. The number of hydrogen-bond acceptors (Lipinski definition) is 2. The molecule has 3 heteroatoms. The first-order valence-corrected chi connectivity index (χ1v) is 4.21. The van der Waals surface area contributed by atoms with Crippen LogP contribution in [0.2, 0.25) is 0 Å². The molecule has 1 aliphatic heterocycles. The average Bonchev–Trinajstić information content (AvgIpc) is 2.07. The molecule has 1 saturated heterocycles. The van der Waals surface area contributed by atoms with Crippen molar-refractivity contribution in [2.45, 2.75) is 31.5 Å². The zero-order chi connectivity index (χ0) is 8.10. The molecule has 0 radical (unpaired) electrons. The van der Waals surface area contributed by atoms with Crippen LogP contribution >= 0.6 is 0 Å². The van der Waals surface area contributed by atoms with E-state index in [1.165, 1.54) is 13.5 Å². The van der Waals surface area contributed by atoms with Crippen molar-refractivity contribution in [2.75, 3.05) is 20.3 Å². The zero-order valence-electron chi connectivity index (χ0n) is 6.98. The van der Waals surface area contributed by atoms with E-state index in [0.29, 0.717) is 0 Å². The molecule has 0 amide bonds. The molecule has 0 bridgehead atoms. The normalized spacial score (nSPS) is 28.4. The Bertz CT molecular complexity index is 104. The van der Waals surface area contributed by atoms with E-state index in [-0.39, 0.29) is 12.6 Å². The van der Waals surface area contributed by atoms with Gasteiger partial charge in [0.15, 0.2) is 0 Å². The molecule has 0 spiro atoms. The van der Waals surface area contributed by atoms with Gasteiger partial charge in [-0.1, -0.05) is 6.42 Å². The van der Waals surface area contributed by atoms with E-state index in [1.807, 2.05) is 0 Å². The first-order chi connectivity index (χ1) is 5.34. The van der Waals surface area contributed by atoms with Gasteiger partial charge < -0.3 is 10.1 Å². The lowest BCUT2D eigenvalue weighted by atomic mass is 10.0. The SMILES string of the molecule is COCC(F)C1CCCCN1. The van der Waals surface area contributed by atoms with E-state index < -0.39 is 6.17 Å². The molecule has 1 heterocycles. The largest absolute Gasteiger partial charge is 0.382 e. The monoisotopic (exact) mass is 161 g/mol. The minimum atomic E-state index is -0.833. The van der Waals surface area contributed by atoms with Crippen molar-refractivity contribution >= 4 is 0 Å². The van der Waals surface area contributed by atoms with E-state index in [9.17, 15) is 4.39 Å². The molecule has 1 fully saturated rings. The summed E-state index contributed by atoms with van der Waals surface area (Å²) in [5.41, 5.74) is 0. The predicted molar refractivity (Wildman–Crippen MR) is 42.4 cm³/mol.